The van der Waals surface area contributed by atoms with Gasteiger partial charge in [0.25, 0.3) is 0 Å². The Labute approximate surface area is 73.4 Å². The average Bonchev–Trinajstić information content (AvgIpc) is 2.17. The molecule has 0 N–H and O–H groups in total. The molecule has 64 valence electrons. The van der Waals surface area contributed by atoms with Crippen LogP contribution in [0.25, 0.3) is 0 Å². The van der Waals surface area contributed by atoms with E-state index in [0.29, 0.717) is 12.2 Å². The van der Waals surface area contributed by atoms with E-state index in [1.807, 2.05) is 44.2 Å². The maximum Gasteiger partial charge on any atom is 0.139 e. The highest BCUT2D eigenvalue weighted by molar-refractivity contribution is 5.84. The van der Waals surface area contributed by atoms with Crippen molar-refractivity contribution >= 4 is 5.78 Å². The molecule has 0 saturated carbocycles. The Morgan fingerprint density at radius 1 is 1.33 bits per heavy atom. The predicted molar refractivity (Wildman–Crippen MR) is 50.2 cm³/mol. The Kier molecular flexibility index (Phi) is 3.03. The molecule has 1 aromatic carbocycles. The molecule has 0 aliphatic heterocycles. The summed E-state index contributed by atoms with van der Waals surface area (Å²) in [4.78, 5) is 11.3. The van der Waals surface area contributed by atoms with Gasteiger partial charge in [-0.05, 0) is 5.56 Å². The Morgan fingerprint density at radius 2 is 1.92 bits per heavy atom. The number of hydrogen-bond acceptors (Lipinski definition) is 1. The van der Waals surface area contributed by atoms with E-state index in [9.17, 15) is 4.79 Å². The highest BCUT2D eigenvalue weighted by Gasteiger charge is 2.11. The molecule has 0 aliphatic rings. The molecule has 1 aromatic rings. The van der Waals surface area contributed by atoms with Crippen molar-refractivity contribution in [2.45, 2.75) is 26.2 Å². The second-order valence-corrected chi connectivity index (χ2v) is 2.95. The molecule has 0 heterocycles. The number of Topliss-reactive ketones (excluding diaryl/α,β-unsaturated/α-hetero) is 1. The van der Waals surface area contributed by atoms with Gasteiger partial charge in [0.1, 0.15) is 5.78 Å². The van der Waals surface area contributed by atoms with E-state index in [1.54, 1.807) is 0 Å². The molecular formula is C11H14O. The highest BCUT2D eigenvalue weighted by atomic mass is 16.1. The van der Waals surface area contributed by atoms with E-state index in [1.165, 1.54) is 0 Å². The molecule has 12 heavy (non-hydrogen) atoms. The second kappa shape index (κ2) is 4.05. The van der Waals surface area contributed by atoms with Crippen LogP contribution in [0.5, 0.6) is 0 Å². The third kappa shape index (κ3) is 1.94. The zero-order chi connectivity index (χ0) is 8.97. The zero-order valence-electron chi connectivity index (χ0n) is 7.58. The smallest absolute Gasteiger partial charge is 0.139 e. The molecule has 1 rings (SSSR count). The number of ketones is 1. The fourth-order valence-electron chi connectivity index (χ4n) is 1.23. The molecule has 0 amide bonds. The number of benzene rings is 1. The summed E-state index contributed by atoms with van der Waals surface area (Å²) < 4.78 is 0. The molecule has 0 fully saturated rings. The third-order valence-corrected chi connectivity index (χ3v) is 2.13. The van der Waals surface area contributed by atoms with E-state index in [2.05, 4.69) is 0 Å². The summed E-state index contributed by atoms with van der Waals surface area (Å²) in [6, 6.07) is 9.90. The van der Waals surface area contributed by atoms with Gasteiger partial charge < -0.3 is 0 Å². The Bertz CT molecular complexity index is 251. The van der Waals surface area contributed by atoms with Crippen LogP contribution in [0, 0.1) is 0 Å². The zero-order valence-corrected chi connectivity index (χ0v) is 7.58. The lowest BCUT2D eigenvalue weighted by atomic mass is 9.96. The first-order chi connectivity index (χ1) is 5.75. The summed E-state index contributed by atoms with van der Waals surface area (Å²) in [5.41, 5.74) is 1.12. The normalized spacial score (nSPS) is 12.5. The standard InChI is InChI=1S/C11H14O/c1-3-11(12)9(2)10-7-5-4-6-8-10/h4-9H,3H2,1-2H3. The number of rotatable bonds is 3. The number of carbonyl (C=O) groups is 1. The van der Waals surface area contributed by atoms with Gasteiger partial charge in [-0.15, -0.1) is 0 Å². The minimum atomic E-state index is 0.0520. The minimum absolute atomic E-state index is 0.0520. The van der Waals surface area contributed by atoms with Crippen LogP contribution in [-0.4, -0.2) is 5.78 Å². The molecule has 0 saturated heterocycles. The second-order valence-electron chi connectivity index (χ2n) is 2.95. The summed E-state index contributed by atoms with van der Waals surface area (Å²) in [5, 5.41) is 0. The average molecular weight is 162 g/mol. The summed E-state index contributed by atoms with van der Waals surface area (Å²) in [6.07, 6.45) is 0.621. The van der Waals surface area contributed by atoms with Crippen LogP contribution in [0.1, 0.15) is 31.7 Å². The lowest BCUT2D eigenvalue weighted by molar-refractivity contribution is -0.119. The van der Waals surface area contributed by atoms with Gasteiger partial charge in [0.15, 0.2) is 0 Å². The number of hydrogen-bond donors (Lipinski definition) is 0. The van der Waals surface area contributed by atoms with Crippen molar-refractivity contribution in [1.29, 1.82) is 0 Å². The summed E-state index contributed by atoms with van der Waals surface area (Å²) >= 11 is 0. The first kappa shape index (κ1) is 8.98. The molecule has 0 aliphatic carbocycles. The molecule has 0 bridgehead atoms. The van der Waals surface area contributed by atoms with Crippen LogP contribution in [0.3, 0.4) is 0 Å². The SMILES string of the molecule is CCC(=O)C(C)c1ccccc1. The van der Waals surface area contributed by atoms with Crippen molar-refractivity contribution in [2.24, 2.45) is 0 Å². The molecule has 0 aromatic heterocycles. The van der Waals surface area contributed by atoms with Crippen LogP contribution in [-0.2, 0) is 4.79 Å². The molecule has 1 heteroatoms. The Balaban J connectivity index is 2.78. The monoisotopic (exact) mass is 162 g/mol. The van der Waals surface area contributed by atoms with Crippen LogP contribution in [0.2, 0.25) is 0 Å². The molecular weight excluding hydrogens is 148 g/mol. The van der Waals surface area contributed by atoms with Gasteiger partial charge in [0, 0.05) is 12.3 Å². The fraction of sp³-hybridized carbons (Fsp3) is 0.364. The Morgan fingerprint density at radius 3 is 2.42 bits per heavy atom. The van der Waals surface area contributed by atoms with E-state index >= 15 is 0 Å². The van der Waals surface area contributed by atoms with Gasteiger partial charge in [0.05, 0.1) is 0 Å². The highest BCUT2D eigenvalue weighted by Crippen LogP contribution is 2.16. The van der Waals surface area contributed by atoms with Crippen LogP contribution >= 0.6 is 0 Å². The van der Waals surface area contributed by atoms with Gasteiger partial charge in [0.2, 0.25) is 0 Å². The number of carbonyl (C=O) groups excluding carboxylic acids is 1. The van der Waals surface area contributed by atoms with Crippen LogP contribution < -0.4 is 0 Å². The third-order valence-electron chi connectivity index (χ3n) is 2.13. The van der Waals surface area contributed by atoms with Crippen LogP contribution in [0.15, 0.2) is 30.3 Å². The summed E-state index contributed by atoms with van der Waals surface area (Å²) in [6.45, 7) is 3.86. The van der Waals surface area contributed by atoms with Gasteiger partial charge in [-0.3, -0.25) is 4.79 Å². The quantitative estimate of drug-likeness (QED) is 0.668. The molecule has 0 spiro atoms. The molecule has 0 radical (unpaired) electrons. The van der Waals surface area contributed by atoms with E-state index < -0.39 is 0 Å². The van der Waals surface area contributed by atoms with E-state index in [-0.39, 0.29) is 5.92 Å². The predicted octanol–water partition coefficient (Wildman–Crippen LogP) is 2.77. The molecule has 1 atom stereocenters. The first-order valence-corrected chi connectivity index (χ1v) is 4.33. The van der Waals surface area contributed by atoms with Gasteiger partial charge >= 0.3 is 0 Å². The maximum absolute atomic E-state index is 11.3. The van der Waals surface area contributed by atoms with Crippen molar-refractivity contribution in [2.75, 3.05) is 0 Å². The maximum atomic E-state index is 11.3. The van der Waals surface area contributed by atoms with E-state index in [0.717, 1.165) is 5.56 Å². The minimum Gasteiger partial charge on any atom is -0.299 e. The van der Waals surface area contributed by atoms with Crippen molar-refractivity contribution in [3.05, 3.63) is 35.9 Å². The van der Waals surface area contributed by atoms with Gasteiger partial charge in [-0.1, -0.05) is 44.2 Å². The van der Waals surface area contributed by atoms with Crippen molar-refractivity contribution < 1.29 is 4.79 Å². The van der Waals surface area contributed by atoms with Crippen molar-refractivity contribution in [1.82, 2.24) is 0 Å². The van der Waals surface area contributed by atoms with Gasteiger partial charge in [-0.25, -0.2) is 0 Å². The summed E-state index contributed by atoms with van der Waals surface area (Å²) in [7, 11) is 0. The van der Waals surface area contributed by atoms with Crippen molar-refractivity contribution in [3.8, 4) is 0 Å². The lowest BCUT2D eigenvalue weighted by Crippen LogP contribution is -2.06. The fourth-order valence-corrected chi connectivity index (χ4v) is 1.23. The Hall–Kier alpha value is -1.11. The van der Waals surface area contributed by atoms with E-state index in [4.69, 9.17) is 0 Å². The van der Waals surface area contributed by atoms with Crippen LogP contribution in [0.4, 0.5) is 0 Å². The molecule has 1 nitrogen and oxygen atoms in total. The molecule has 1 unspecified atom stereocenters. The van der Waals surface area contributed by atoms with Gasteiger partial charge in [-0.2, -0.15) is 0 Å². The summed E-state index contributed by atoms with van der Waals surface area (Å²) in [5.74, 6) is 0.359. The topological polar surface area (TPSA) is 17.1 Å². The van der Waals surface area contributed by atoms with Crippen molar-refractivity contribution in [3.63, 3.8) is 0 Å². The largest absolute Gasteiger partial charge is 0.299 e. The lowest BCUT2D eigenvalue weighted by Gasteiger charge is -2.08. The first-order valence-electron chi connectivity index (χ1n) is 4.33.